The van der Waals surface area contributed by atoms with E-state index in [0.717, 1.165) is 50.0 Å². The molecule has 1 amide bonds. The molecule has 10 nitrogen and oxygen atoms in total. The zero-order valence-corrected chi connectivity index (χ0v) is 24.8. The van der Waals surface area contributed by atoms with Gasteiger partial charge >= 0.3 is 0 Å². The van der Waals surface area contributed by atoms with E-state index in [0.29, 0.717) is 35.1 Å². The van der Waals surface area contributed by atoms with Crippen molar-refractivity contribution in [3.8, 4) is 16.9 Å². The van der Waals surface area contributed by atoms with Crippen LogP contribution in [0.25, 0.3) is 16.9 Å². The van der Waals surface area contributed by atoms with E-state index in [-0.39, 0.29) is 28.7 Å². The summed E-state index contributed by atoms with van der Waals surface area (Å²) in [5, 5.41) is 11.8. The molecule has 0 aliphatic carbocycles. The molecule has 1 N–H and O–H groups in total. The fraction of sp³-hybridized carbons (Fsp3) is 0.367. The van der Waals surface area contributed by atoms with Crippen molar-refractivity contribution in [3.63, 3.8) is 0 Å². The van der Waals surface area contributed by atoms with Crippen LogP contribution in [-0.4, -0.2) is 74.6 Å². The molecule has 0 unspecified atom stereocenters. The lowest BCUT2D eigenvalue weighted by Gasteiger charge is -2.40. The van der Waals surface area contributed by atoms with Gasteiger partial charge < -0.3 is 15.1 Å². The van der Waals surface area contributed by atoms with Crippen molar-refractivity contribution in [2.24, 2.45) is 0 Å². The average Bonchev–Trinajstić information content (AvgIpc) is 3.42. The van der Waals surface area contributed by atoms with Gasteiger partial charge in [0.25, 0.3) is 5.56 Å². The summed E-state index contributed by atoms with van der Waals surface area (Å²) in [5.74, 6) is 0.0623. The number of hydrogen-bond donors (Lipinski definition) is 1. The number of nitrogens with zero attached hydrogens (tertiary/aromatic N) is 7. The van der Waals surface area contributed by atoms with Gasteiger partial charge in [0.1, 0.15) is 6.04 Å². The van der Waals surface area contributed by atoms with Crippen molar-refractivity contribution in [1.82, 2.24) is 34.8 Å². The number of anilines is 1. The molecule has 2 atom stereocenters. The monoisotopic (exact) mass is 606 g/mol. The van der Waals surface area contributed by atoms with Crippen LogP contribution < -0.4 is 15.8 Å². The minimum Gasteiger partial charge on any atom is -0.357 e. The third-order valence-corrected chi connectivity index (χ3v) is 8.45. The Hall–Kier alpha value is -3.73. The summed E-state index contributed by atoms with van der Waals surface area (Å²) in [7, 11) is 2.05. The molecule has 4 aromatic rings. The molecule has 2 aromatic carbocycles. The highest BCUT2D eigenvalue weighted by atomic mass is 35.5. The van der Waals surface area contributed by atoms with Crippen molar-refractivity contribution in [1.29, 1.82) is 0 Å². The number of rotatable bonds is 3. The van der Waals surface area contributed by atoms with Gasteiger partial charge in [0, 0.05) is 48.5 Å². The Morgan fingerprint density at radius 2 is 1.86 bits per heavy atom. The lowest BCUT2D eigenvalue weighted by atomic mass is 9.98. The number of fused-ring (bicyclic) bond motifs is 4. The van der Waals surface area contributed by atoms with Gasteiger partial charge in [-0.15, -0.1) is 5.10 Å². The van der Waals surface area contributed by atoms with Crippen LogP contribution in [0, 0.1) is 0 Å². The first-order valence-corrected chi connectivity index (χ1v) is 14.9. The molecule has 1 fully saturated rings. The highest BCUT2D eigenvalue weighted by Crippen LogP contribution is 2.31. The highest BCUT2D eigenvalue weighted by molar-refractivity contribution is 6.31. The van der Waals surface area contributed by atoms with Crippen LogP contribution in [0.5, 0.6) is 0 Å². The Morgan fingerprint density at radius 1 is 0.976 bits per heavy atom. The second kappa shape index (κ2) is 12.2. The fourth-order valence-electron chi connectivity index (χ4n) is 5.86. The third-order valence-electron chi connectivity index (χ3n) is 8.04. The molecule has 42 heavy (non-hydrogen) atoms. The zero-order chi connectivity index (χ0) is 29.2. The van der Waals surface area contributed by atoms with Crippen LogP contribution in [0.1, 0.15) is 37.3 Å². The van der Waals surface area contributed by atoms with Crippen molar-refractivity contribution in [2.45, 2.75) is 37.8 Å². The SMILES string of the molecule is CN1CCN2c3cccc(c3)[C@@H](n3cnc(-c4cc(Cl)ccc4-n4cc(Cl)nn4)cc3=O)CCCCCNC(=O)[C@H]2C1. The first-order chi connectivity index (χ1) is 20.4. The van der Waals surface area contributed by atoms with Crippen LogP contribution in [-0.2, 0) is 4.79 Å². The van der Waals surface area contributed by atoms with E-state index in [9.17, 15) is 9.59 Å². The van der Waals surface area contributed by atoms with Gasteiger partial charge in [-0.3, -0.25) is 14.2 Å². The summed E-state index contributed by atoms with van der Waals surface area (Å²) in [4.78, 5) is 36.0. The van der Waals surface area contributed by atoms with Gasteiger partial charge in [-0.2, -0.15) is 0 Å². The van der Waals surface area contributed by atoms with Gasteiger partial charge in [0.05, 0.1) is 29.9 Å². The Labute approximate surface area is 253 Å². The maximum Gasteiger partial charge on any atom is 0.254 e. The van der Waals surface area contributed by atoms with E-state index in [1.165, 1.54) is 10.7 Å². The van der Waals surface area contributed by atoms with Crippen molar-refractivity contribution in [2.75, 3.05) is 38.1 Å². The minimum atomic E-state index is -0.270. The maximum atomic E-state index is 13.7. The van der Waals surface area contributed by atoms with E-state index in [4.69, 9.17) is 28.2 Å². The predicted molar refractivity (Wildman–Crippen MR) is 164 cm³/mol. The van der Waals surface area contributed by atoms with E-state index >= 15 is 0 Å². The number of amides is 1. The molecule has 1 saturated heterocycles. The predicted octanol–water partition coefficient (Wildman–Crippen LogP) is 4.20. The van der Waals surface area contributed by atoms with Crippen molar-refractivity contribution in [3.05, 3.63) is 87.1 Å². The lowest BCUT2D eigenvalue weighted by molar-refractivity contribution is -0.123. The normalized spacial score (nSPS) is 20.2. The first kappa shape index (κ1) is 28.4. The first-order valence-electron chi connectivity index (χ1n) is 14.2. The van der Waals surface area contributed by atoms with Gasteiger partial charge in [-0.1, -0.05) is 53.4 Å². The molecule has 4 heterocycles. The third kappa shape index (κ3) is 5.92. The molecule has 0 spiro atoms. The molecule has 2 aromatic heterocycles. The minimum absolute atomic E-state index is 0.0623. The number of carbonyl (C=O) groups excluding carboxylic acids is 1. The highest BCUT2D eigenvalue weighted by Gasteiger charge is 2.32. The molecule has 2 aliphatic heterocycles. The number of benzene rings is 2. The molecule has 6 rings (SSSR count). The molecule has 0 saturated carbocycles. The molecular weight excluding hydrogens is 575 g/mol. The number of likely N-dealkylation sites (N-methyl/N-ethyl adjacent to an activating group) is 1. The van der Waals surface area contributed by atoms with Crippen LogP contribution in [0.4, 0.5) is 5.69 Å². The maximum absolute atomic E-state index is 13.7. The number of nitrogens with one attached hydrogen (secondary N) is 1. The van der Waals surface area contributed by atoms with Gasteiger partial charge in [0.2, 0.25) is 5.91 Å². The van der Waals surface area contributed by atoms with E-state index in [1.807, 2.05) is 12.1 Å². The summed E-state index contributed by atoms with van der Waals surface area (Å²) in [6.45, 7) is 2.92. The van der Waals surface area contributed by atoms with Gasteiger partial charge in [-0.05, 0) is 55.8 Å². The number of piperazine rings is 1. The summed E-state index contributed by atoms with van der Waals surface area (Å²) < 4.78 is 3.25. The second-order valence-electron chi connectivity index (χ2n) is 10.9. The standard InChI is InChI=1S/C30H32Cl2N8O2/c1-37-12-13-38-22-7-5-6-20(14-22)25(8-3-2-4-11-33-30(42)27(38)17-37)39-19-34-24(16-29(39)41)23-15-21(31)9-10-26(23)40-18-28(32)35-36-40/h5-7,9-10,14-16,18-19,25,27H,2-4,8,11-13,17H2,1H3,(H,33,42)/t25-,27+/m0/s1. The Kier molecular flexibility index (Phi) is 8.28. The molecule has 12 heteroatoms. The van der Waals surface area contributed by atoms with Crippen LogP contribution in [0.15, 0.2) is 65.8 Å². The van der Waals surface area contributed by atoms with Crippen molar-refractivity contribution < 1.29 is 4.79 Å². The van der Waals surface area contributed by atoms with Gasteiger partial charge in [-0.25, -0.2) is 9.67 Å². The number of carbonyl (C=O) groups is 1. The zero-order valence-electron chi connectivity index (χ0n) is 23.3. The molecule has 0 radical (unpaired) electrons. The van der Waals surface area contributed by atoms with Crippen LogP contribution >= 0.6 is 23.2 Å². The van der Waals surface area contributed by atoms with E-state index < -0.39 is 0 Å². The number of hydrogen-bond acceptors (Lipinski definition) is 7. The van der Waals surface area contributed by atoms with E-state index in [2.05, 4.69) is 44.6 Å². The van der Waals surface area contributed by atoms with Crippen LogP contribution in [0.3, 0.4) is 0 Å². The molecular formula is C30H32Cl2N8O2. The Balaban J connectivity index is 1.38. The Bertz CT molecular complexity index is 1650. The smallest absolute Gasteiger partial charge is 0.254 e. The summed E-state index contributed by atoms with van der Waals surface area (Å²) in [6.07, 6.45) is 6.70. The number of halogens is 2. The Morgan fingerprint density at radius 3 is 2.67 bits per heavy atom. The quantitative estimate of drug-likeness (QED) is 0.373. The summed E-state index contributed by atoms with van der Waals surface area (Å²) in [5.41, 5.74) is 3.60. The van der Waals surface area contributed by atoms with Crippen LogP contribution in [0.2, 0.25) is 10.2 Å². The molecule has 2 bridgehead atoms. The topological polar surface area (TPSA) is 101 Å². The van der Waals surface area contributed by atoms with Crippen molar-refractivity contribution >= 4 is 34.8 Å². The lowest BCUT2D eigenvalue weighted by Crippen LogP contribution is -2.58. The second-order valence-corrected chi connectivity index (χ2v) is 11.7. The molecule has 2 aliphatic rings. The fourth-order valence-corrected chi connectivity index (χ4v) is 6.16. The summed E-state index contributed by atoms with van der Waals surface area (Å²) >= 11 is 12.4. The average molecular weight is 608 g/mol. The largest absolute Gasteiger partial charge is 0.357 e. The summed E-state index contributed by atoms with van der Waals surface area (Å²) in [6, 6.07) is 14.6. The van der Waals surface area contributed by atoms with E-state index in [1.54, 1.807) is 35.3 Å². The number of aromatic nitrogens is 5. The van der Waals surface area contributed by atoms with Gasteiger partial charge in [0.15, 0.2) is 5.15 Å². The molecule has 218 valence electrons.